The maximum Gasteiger partial charge on any atom is 0.335 e. The molecule has 2 amide bonds. The molecule has 1 aromatic heterocycles. The number of furan rings is 1. The fraction of sp³-hybridized carbons (Fsp3) is 0.273. The van der Waals surface area contributed by atoms with Crippen LogP contribution in [0.3, 0.4) is 0 Å². The molecule has 4 aliphatic rings. The lowest BCUT2D eigenvalue weighted by Gasteiger charge is -2.37. The third kappa shape index (κ3) is 2.81. The van der Waals surface area contributed by atoms with Crippen molar-refractivity contribution in [1.82, 2.24) is 5.01 Å². The molecule has 29 heavy (non-hydrogen) atoms. The lowest BCUT2D eigenvalue weighted by molar-refractivity contribution is -0.140. The molecule has 1 aliphatic heterocycles. The summed E-state index contributed by atoms with van der Waals surface area (Å²) in [5, 5.41) is 14.1. The molecule has 1 saturated heterocycles. The summed E-state index contributed by atoms with van der Waals surface area (Å²) < 4.78 is 5.72. The van der Waals surface area contributed by atoms with Gasteiger partial charge in [0.2, 0.25) is 0 Å². The minimum absolute atomic E-state index is 0.130. The van der Waals surface area contributed by atoms with Gasteiger partial charge in [0.1, 0.15) is 11.5 Å². The molecular weight excluding hydrogens is 372 g/mol. The molecule has 3 aliphatic carbocycles. The predicted molar refractivity (Wildman–Crippen MR) is 103 cm³/mol. The number of hydrogen-bond donors (Lipinski definition) is 1. The number of hydrogen-bond acceptors (Lipinski definition) is 5. The number of rotatable bonds is 4. The quantitative estimate of drug-likeness (QED) is 0.491. The highest BCUT2D eigenvalue weighted by atomic mass is 16.4. The lowest BCUT2D eigenvalue weighted by atomic mass is 9.63. The van der Waals surface area contributed by atoms with Gasteiger partial charge < -0.3 is 9.52 Å². The first kappa shape index (κ1) is 17.6. The summed E-state index contributed by atoms with van der Waals surface area (Å²) in [6, 6.07) is 9.73. The summed E-state index contributed by atoms with van der Waals surface area (Å²) in [4.78, 5) is 36.5. The van der Waals surface area contributed by atoms with Crippen LogP contribution < -0.4 is 0 Å². The van der Waals surface area contributed by atoms with Crippen molar-refractivity contribution in [3.63, 3.8) is 0 Å². The Hall–Kier alpha value is -3.48. The van der Waals surface area contributed by atoms with Crippen molar-refractivity contribution < 1.29 is 23.9 Å². The Bertz CT molecular complexity index is 1030. The number of fused-ring (bicyclic) bond motifs is 1. The molecule has 7 nitrogen and oxygen atoms in total. The van der Waals surface area contributed by atoms with E-state index in [2.05, 4.69) is 17.3 Å². The molecule has 2 fully saturated rings. The molecule has 0 radical (unpaired) electrons. The van der Waals surface area contributed by atoms with Gasteiger partial charge in [-0.05, 0) is 48.9 Å². The normalized spacial score (nSPS) is 27.8. The zero-order chi connectivity index (χ0) is 20.1. The van der Waals surface area contributed by atoms with Crippen LogP contribution in [0.2, 0.25) is 0 Å². The highest BCUT2D eigenvalue weighted by Gasteiger charge is 2.56. The summed E-state index contributed by atoms with van der Waals surface area (Å²) in [6.07, 6.45) is 7.41. The molecule has 146 valence electrons. The number of nitrogens with zero attached hydrogens (tertiary/aromatic N) is 2. The molecule has 2 heterocycles. The Morgan fingerprint density at radius 2 is 1.62 bits per heavy atom. The van der Waals surface area contributed by atoms with Crippen molar-refractivity contribution in [3.8, 4) is 11.3 Å². The molecule has 4 atom stereocenters. The number of aromatic carboxylic acids is 1. The number of hydrazone groups is 1. The summed E-state index contributed by atoms with van der Waals surface area (Å²) in [5.41, 5.74) is 0.912. The Balaban J connectivity index is 1.34. The third-order valence-corrected chi connectivity index (χ3v) is 6.08. The molecule has 1 saturated carbocycles. The van der Waals surface area contributed by atoms with E-state index in [0.29, 0.717) is 11.5 Å². The zero-order valence-electron chi connectivity index (χ0n) is 15.4. The average molecular weight is 390 g/mol. The van der Waals surface area contributed by atoms with Crippen molar-refractivity contribution >= 4 is 24.0 Å². The number of carboxylic acid groups (broad SMARTS) is 1. The van der Waals surface area contributed by atoms with Crippen LogP contribution >= 0.6 is 0 Å². The Morgan fingerprint density at radius 1 is 1.00 bits per heavy atom. The maximum absolute atomic E-state index is 12.8. The fourth-order valence-corrected chi connectivity index (χ4v) is 4.64. The minimum atomic E-state index is -0.993. The second-order valence-electron chi connectivity index (χ2n) is 7.66. The maximum atomic E-state index is 12.8. The van der Waals surface area contributed by atoms with E-state index in [0.717, 1.165) is 23.4 Å². The zero-order valence-corrected chi connectivity index (χ0v) is 15.4. The van der Waals surface area contributed by atoms with Crippen molar-refractivity contribution in [2.24, 2.45) is 28.8 Å². The van der Waals surface area contributed by atoms with Gasteiger partial charge in [0, 0.05) is 5.56 Å². The minimum Gasteiger partial charge on any atom is -0.478 e. The van der Waals surface area contributed by atoms with E-state index >= 15 is 0 Å². The van der Waals surface area contributed by atoms with Gasteiger partial charge in [-0.15, -0.1) is 0 Å². The van der Waals surface area contributed by atoms with Crippen LogP contribution in [-0.4, -0.2) is 34.1 Å². The van der Waals surface area contributed by atoms with E-state index in [1.807, 2.05) is 0 Å². The van der Waals surface area contributed by atoms with Gasteiger partial charge in [-0.25, -0.2) is 4.79 Å². The van der Waals surface area contributed by atoms with Gasteiger partial charge in [-0.1, -0.05) is 24.3 Å². The number of carbonyl (C=O) groups is 3. The van der Waals surface area contributed by atoms with E-state index in [-0.39, 0.29) is 41.0 Å². The van der Waals surface area contributed by atoms with Crippen molar-refractivity contribution in [3.05, 3.63) is 59.9 Å². The van der Waals surface area contributed by atoms with Crippen LogP contribution in [-0.2, 0) is 9.59 Å². The first-order valence-corrected chi connectivity index (χ1v) is 9.56. The first-order valence-electron chi connectivity index (χ1n) is 9.56. The van der Waals surface area contributed by atoms with Gasteiger partial charge in [-0.3, -0.25) is 9.59 Å². The van der Waals surface area contributed by atoms with Crippen LogP contribution in [0.15, 0.2) is 58.1 Å². The number of benzene rings is 1. The molecule has 1 N–H and O–H groups in total. The SMILES string of the molecule is O=C(O)c1ccc(-c2ccc(/C=N\N3C(=O)[C@@H]4[C@H](C3=O)[C@H]3C=C[C@@H]4CC3)o2)cc1. The smallest absolute Gasteiger partial charge is 0.335 e. The highest BCUT2D eigenvalue weighted by molar-refractivity contribution is 6.06. The summed E-state index contributed by atoms with van der Waals surface area (Å²) >= 11 is 0. The van der Waals surface area contributed by atoms with E-state index in [1.165, 1.54) is 18.3 Å². The molecular formula is C22H18N2O5. The standard InChI is InChI=1S/C22H18N2O5/c25-20-18-13-3-4-14(6-5-13)19(18)21(26)24(20)23-11-16-9-10-17(29-16)12-1-7-15(8-2-12)22(27)28/h1-4,7-11,13-14,18-19H,5-6H2,(H,27,28)/b23-11-/t13-,14+,18+,19-. The molecule has 6 rings (SSSR count). The van der Waals surface area contributed by atoms with Crippen LogP contribution in [0.25, 0.3) is 11.3 Å². The van der Waals surface area contributed by atoms with E-state index in [9.17, 15) is 14.4 Å². The molecule has 2 aromatic rings. The Kier molecular flexibility index (Phi) is 3.97. The fourth-order valence-electron chi connectivity index (χ4n) is 4.64. The van der Waals surface area contributed by atoms with Crippen LogP contribution in [0.5, 0.6) is 0 Å². The molecule has 1 aromatic carbocycles. The Morgan fingerprint density at radius 3 is 2.17 bits per heavy atom. The second kappa shape index (κ2) is 6.55. The van der Waals surface area contributed by atoms with Crippen molar-refractivity contribution in [2.45, 2.75) is 12.8 Å². The number of imide groups is 1. The molecule has 0 spiro atoms. The summed E-state index contributed by atoms with van der Waals surface area (Å²) in [6.45, 7) is 0. The van der Waals surface area contributed by atoms with E-state index in [1.54, 1.807) is 24.3 Å². The van der Waals surface area contributed by atoms with Gasteiger partial charge in [0.05, 0.1) is 23.6 Å². The predicted octanol–water partition coefficient (Wildman–Crippen LogP) is 3.18. The van der Waals surface area contributed by atoms with E-state index in [4.69, 9.17) is 9.52 Å². The average Bonchev–Trinajstić information content (AvgIpc) is 3.32. The monoisotopic (exact) mass is 390 g/mol. The lowest BCUT2D eigenvalue weighted by Crippen LogP contribution is -2.38. The number of carboxylic acids is 1. The van der Waals surface area contributed by atoms with Crippen molar-refractivity contribution in [1.29, 1.82) is 0 Å². The number of amides is 2. The van der Waals surface area contributed by atoms with Crippen molar-refractivity contribution in [2.75, 3.05) is 0 Å². The molecule has 7 heteroatoms. The molecule has 0 unspecified atom stereocenters. The molecule has 2 bridgehead atoms. The number of allylic oxidation sites excluding steroid dienone is 2. The number of carbonyl (C=O) groups excluding carboxylic acids is 2. The topological polar surface area (TPSA) is 100 Å². The summed E-state index contributed by atoms with van der Waals surface area (Å²) in [7, 11) is 0. The Labute approximate surface area is 166 Å². The van der Waals surface area contributed by atoms with Gasteiger partial charge in [0.25, 0.3) is 11.8 Å². The second-order valence-corrected chi connectivity index (χ2v) is 7.66. The van der Waals surface area contributed by atoms with Crippen LogP contribution in [0, 0.1) is 23.7 Å². The van der Waals surface area contributed by atoms with E-state index < -0.39 is 5.97 Å². The van der Waals surface area contributed by atoms with Gasteiger partial charge in [0.15, 0.2) is 0 Å². The van der Waals surface area contributed by atoms with Gasteiger partial charge >= 0.3 is 5.97 Å². The third-order valence-electron chi connectivity index (χ3n) is 6.08. The summed E-state index contributed by atoms with van der Waals surface area (Å²) in [5.74, 6) is -0.828. The van der Waals surface area contributed by atoms with Gasteiger partial charge in [-0.2, -0.15) is 10.1 Å². The van der Waals surface area contributed by atoms with Crippen LogP contribution in [0.1, 0.15) is 29.0 Å². The first-order chi connectivity index (χ1) is 14.0. The highest BCUT2D eigenvalue weighted by Crippen LogP contribution is 2.49. The largest absolute Gasteiger partial charge is 0.478 e. The van der Waals surface area contributed by atoms with Crippen LogP contribution in [0.4, 0.5) is 0 Å².